The lowest BCUT2D eigenvalue weighted by Gasteiger charge is -2.19. The van der Waals surface area contributed by atoms with Crippen molar-refractivity contribution in [2.75, 3.05) is 13.2 Å². The lowest BCUT2D eigenvalue weighted by atomic mass is 10.1. The number of carbonyl (C=O) groups is 1. The minimum Gasteiger partial charge on any atom is -0.484 e. The van der Waals surface area contributed by atoms with Gasteiger partial charge in [-0.2, -0.15) is 0 Å². The summed E-state index contributed by atoms with van der Waals surface area (Å²) in [5.74, 6) is -0.233. The first-order valence-corrected chi connectivity index (χ1v) is 7.52. The quantitative estimate of drug-likeness (QED) is 0.870. The molecule has 23 heavy (non-hydrogen) atoms. The van der Waals surface area contributed by atoms with Gasteiger partial charge in [-0.3, -0.25) is 4.79 Å². The summed E-state index contributed by atoms with van der Waals surface area (Å²) in [5, 5.41) is 0. The Morgan fingerprint density at radius 3 is 2.78 bits per heavy atom. The van der Waals surface area contributed by atoms with Gasteiger partial charge in [0.1, 0.15) is 23.9 Å². The standard InChI is InChI=1S/C18H18FNO3/c1-13-20(11-17(23-13)14-6-3-2-4-7-14)18(21)12-22-16-9-5-8-15(19)10-16/h2-10,13,17H,11-12H2,1H3. The molecule has 2 atom stereocenters. The fraction of sp³-hybridized carbons (Fsp3) is 0.278. The summed E-state index contributed by atoms with van der Waals surface area (Å²) in [6.45, 7) is 2.18. The molecule has 0 spiro atoms. The molecule has 0 saturated carbocycles. The van der Waals surface area contributed by atoms with Gasteiger partial charge >= 0.3 is 0 Å². The van der Waals surface area contributed by atoms with Crippen molar-refractivity contribution in [1.82, 2.24) is 4.90 Å². The van der Waals surface area contributed by atoms with Crippen LogP contribution in [0.15, 0.2) is 54.6 Å². The molecule has 1 aliphatic rings. The number of ether oxygens (including phenoxy) is 2. The van der Waals surface area contributed by atoms with E-state index in [9.17, 15) is 9.18 Å². The molecule has 0 aromatic heterocycles. The van der Waals surface area contributed by atoms with Crippen LogP contribution in [0.1, 0.15) is 18.6 Å². The number of halogens is 1. The third kappa shape index (κ3) is 3.68. The molecule has 1 amide bonds. The van der Waals surface area contributed by atoms with Crippen LogP contribution in [0.25, 0.3) is 0 Å². The molecule has 1 heterocycles. The highest BCUT2D eigenvalue weighted by Gasteiger charge is 2.34. The Bertz CT molecular complexity index is 677. The number of hydrogen-bond donors (Lipinski definition) is 0. The minimum absolute atomic E-state index is 0.135. The Balaban J connectivity index is 1.59. The number of hydrogen-bond acceptors (Lipinski definition) is 3. The van der Waals surface area contributed by atoms with E-state index in [2.05, 4.69) is 0 Å². The first-order valence-electron chi connectivity index (χ1n) is 7.52. The molecule has 2 aromatic carbocycles. The van der Waals surface area contributed by atoms with E-state index in [0.29, 0.717) is 12.3 Å². The second-order valence-electron chi connectivity index (χ2n) is 5.43. The lowest BCUT2D eigenvalue weighted by molar-refractivity contribution is -0.137. The van der Waals surface area contributed by atoms with E-state index in [1.54, 1.807) is 17.0 Å². The van der Waals surface area contributed by atoms with Crippen molar-refractivity contribution in [1.29, 1.82) is 0 Å². The molecule has 1 aliphatic heterocycles. The summed E-state index contributed by atoms with van der Waals surface area (Å²) in [5.41, 5.74) is 1.04. The Hall–Kier alpha value is -2.40. The van der Waals surface area contributed by atoms with E-state index in [-0.39, 0.29) is 24.8 Å². The van der Waals surface area contributed by atoms with Gasteiger partial charge in [0.2, 0.25) is 0 Å². The maximum absolute atomic E-state index is 13.1. The van der Waals surface area contributed by atoms with E-state index < -0.39 is 5.82 Å². The Morgan fingerprint density at radius 1 is 1.26 bits per heavy atom. The summed E-state index contributed by atoms with van der Waals surface area (Å²) in [4.78, 5) is 14.0. The van der Waals surface area contributed by atoms with E-state index in [1.807, 2.05) is 37.3 Å². The Morgan fingerprint density at radius 2 is 2.04 bits per heavy atom. The first kappa shape index (κ1) is 15.5. The molecule has 2 aromatic rings. The van der Waals surface area contributed by atoms with Crippen LogP contribution >= 0.6 is 0 Å². The number of carbonyl (C=O) groups excluding carboxylic acids is 1. The highest BCUT2D eigenvalue weighted by atomic mass is 19.1. The maximum Gasteiger partial charge on any atom is 0.262 e. The van der Waals surface area contributed by atoms with Gasteiger partial charge in [0.25, 0.3) is 5.91 Å². The van der Waals surface area contributed by atoms with Gasteiger partial charge in [-0.1, -0.05) is 36.4 Å². The molecular weight excluding hydrogens is 297 g/mol. The predicted molar refractivity (Wildman–Crippen MR) is 83.3 cm³/mol. The number of nitrogens with zero attached hydrogens (tertiary/aromatic N) is 1. The van der Waals surface area contributed by atoms with Crippen molar-refractivity contribution in [2.45, 2.75) is 19.3 Å². The SMILES string of the molecule is CC1OC(c2ccccc2)CN1C(=O)COc1cccc(F)c1. The van der Waals surface area contributed by atoms with Gasteiger partial charge in [0.05, 0.1) is 6.54 Å². The van der Waals surface area contributed by atoms with Crippen molar-refractivity contribution < 1.29 is 18.7 Å². The van der Waals surface area contributed by atoms with Gasteiger partial charge in [0.15, 0.2) is 6.61 Å². The summed E-state index contributed by atoms with van der Waals surface area (Å²) >= 11 is 0. The first-order chi connectivity index (χ1) is 11.1. The fourth-order valence-electron chi connectivity index (χ4n) is 2.62. The molecule has 1 fully saturated rings. The van der Waals surface area contributed by atoms with E-state index in [4.69, 9.17) is 9.47 Å². The zero-order valence-corrected chi connectivity index (χ0v) is 12.8. The van der Waals surface area contributed by atoms with Crippen molar-refractivity contribution in [3.8, 4) is 5.75 Å². The molecule has 0 radical (unpaired) electrons. The molecule has 0 bridgehead atoms. The largest absolute Gasteiger partial charge is 0.484 e. The smallest absolute Gasteiger partial charge is 0.262 e. The van der Waals surface area contributed by atoms with Crippen LogP contribution in [0.2, 0.25) is 0 Å². The molecule has 1 saturated heterocycles. The highest BCUT2D eigenvalue weighted by molar-refractivity contribution is 5.78. The van der Waals surface area contributed by atoms with Crippen molar-refractivity contribution >= 4 is 5.91 Å². The third-order valence-electron chi connectivity index (χ3n) is 3.81. The van der Waals surface area contributed by atoms with Crippen LogP contribution in [0.5, 0.6) is 5.75 Å². The molecule has 2 unspecified atom stereocenters. The molecular formula is C18H18FNO3. The van der Waals surface area contributed by atoms with Crippen LogP contribution in [-0.4, -0.2) is 30.2 Å². The lowest BCUT2D eigenvalue weighted by Crippen LogP contribution is -2.37. The minimum atomic E-state index is -0.392. The van der Waals surface area contributed by atoms with Crippen LogP contribution in [0.3, 0.4) is 0 Å². The Kier molecular flexibility index (Phi) is 4.57. The van der Waals surface area contributed by atoms with E-state index in [1.165, 1.54) is 12.1 Å². The molecule has 3 rings (SSSR count). The van der Waals surface area contributed by atoms with Crippen LogP contribution in [0, 0.1) is 5.82 Å². The molecule has 4 nitrogen and oxygen atoms in total. The van der Waals surface area contributed by atoms with Gasteiger partial charge in [-0.05, 0) is 24.6 Å². The van der Waals surface area contributed by atoms with Gasteiger partial charge < -0.3 is 14.4 Å². The van der Waals surface area contributed by atoms with Gasteiger partial charge in [-0.25, -0.2) is 4.39 Å². The Labute approximate surface area is 134 Å². The monoisotopic (exact) mass is 315 g/mol. The van der Waals surface area contributed by atoms with Crippen molar-refractivity contribution in [2.24, 2.45) is 0 Å². The average molecular weight is 315 g/mol. The van der Waals surface area contributed by atoms with E-state index >= 15 is 0 Å². The number of benzene rings is 2. The van der Waals surface area contributed by atoms with E-state index in [0.717, 1.165) is 5.56 Å². The maximum atomic E-state index is 13.1. The van der Waals surface area contributed by atoms with Crippen LogP contribution in [-0.2, 0) is 9.53 Å². The highest BCUT2D eigenvalue weighted by Crippen LogP contribution is 2.28. The molecule has 0 aliphatic carbocycles. The third-order valence-corrected chi connectivity index (χ3v) is 3.81. The van der Waals surface area contributed by atoms with Crippen molar-refractivity contribution in [3.63, 3.8) is 0 Å². The average Bonchev–Trinajstić information content (AvgIpc) is 2.95. The number of amides is 1. The molecule has 120 valence electrons. The molecule has 5 heteroatoms. The fourth-order valence-corrected chi connectivity index (χ4v) is 2.62. The zero-order chi connectivity index (χ0) is 16.2. The normalized spacial score (nSPS) is 20.5. The summed E-state index contributed by atoms with van der Waals surface area (Å²) in [6, 6.07) is 15.5. The summed E-state index contributed by atoms with van der Waals surface area (Å²) in [7, 11) is 0. The second-order valence-corrected chi connectivity index (χ2v) is 5.43. The summed E-state index contributed by atoms with van der Waals surface area (Å²) < 4.78 is 24.3. The van der Waals surface area contributed by atoms with Crippen LogP contribution < -0.4 is 4.74 Å². The van der Waals surface area contributed by atoms with Crippen molar-refractivity contribution in [3.05, 3.63) is 66.0 Å². The number of rotatable bonds is 4. The van der Waals surface area contributed by atoms with Gasteiger partial charge in [-0.15, -0.1) is 0 Å². The zero-order valence-electron chi connectivity index (χ0n) is 12.8. The van der Waals surface area contributed by atoms with Gasteiger partial charge in [0, 0.05) is 6.07 Å². The second kappa shape index (κ2) is 6.79. The van der Waals surface area contributed by atoms with Crippen LogP contribution in [0.4, 0.5) is 4.39 Å². The predicted octanol–water partition coefficient (Wildman–Crippen LogP) is 3.15. The summed E-state index contributed by atoms with van der Waals surface area (Å²) in [6.07, 6.45) is -0.451. The molecule has 0 N–H and O–H groups in total. The topological polar surface area (TPSA) is 38.8 Å².